The number of piperazine rings is 1. The predicted molar refractivity (Wildman–Crippen MR) is 54.0 cm³/mol. The number of nitrogens with zero attached hydrogens (tertiary/aromatic N) is 2. The predicted octanol–water partition coefficient (Wildman–Crippen LogP) is 0.642. The molecule has 2 rings (SSSR count). The normalized spacial score (nSPS) is 18.6. The van der Waals surface area contributed by atoms with E-state index in [1.165, 1.54) is 5.56 Å². The first-order chi connectivity index (χ1) is 6.90. The fourth-order valence-corrected chi connectivity index (χ4v) is 1.81. The summed E-state index contributed by atoms with van der Waals surface area (Å²) in [5.74, 6) is 0. The maximum Gasteiger partial charge on any atom is 0.128 e. The van der Waals surface area contributed by atoms with Crippen LogP contribution in [0.1, 0.15) is 18.2 Å². The SMILES string of the molecule is CCc1nocc1CN1CCNCC1. The number of rotatable bonds is 3. The number of hydrogen-bond acceptors (Lipinski definition) is 4. The average molecular weight is 195 g/mol. The highest BCUT2D eigenvalue weighted by Gasteiger charge is 2.13. The summed E-state index contributed by atoms with van der Waals surface area (Å²) in [6.45, 7) is 7.51. The standard InChI is InChI=1S/C10H17N3O/c1-2-10-9(8-14-12-10)7-13-5-3-11-4-6-13/h8,11H,2-7H2,1H3. The molecule has 1 N–H and O–H groups in total. The minimum atomic E-state index is 0.956. The highest BCUT2D eigenvalue weighted by molar-refractivity contribution is 5.14. The van der Waals surface area contributed by atoms with Crippen molar-refractivity contribution < 1.29 is 4.52 Å². The highest BCUT2D eigenvalue weighted by Crippen LogP contribution is 2.11. The van der Waals surface area contributed by atoms with E-state index in [9.17, 15) is 0 Å². The molecule has 1 aromatic heterocycles. The lowest BCUT2D eigenvalue weighted by atomic mass is 10.2. The quantitative estimate of drug-likeness (QED) is 0.768. The zero-order valence-corrected chi connectivity index (χ0v) is 8.62. The second-order valence-corrected chi connectivity index (χ2v) is 3.67. The molecule has 1 aliphatic rings. The second kappa shape index (κ2) is 4.57. The molecule has 0 aromatic carbocycles. The Morgan fingerprint density at radius 3 is 3.00 bits per heavy atom. The highest BCUT2D eigenvalue weighted by atomic mass is 16.5. The summed E-state index contributed by atoms with van der Waals surface area (Å²) in [7, 11) is 0. The zero-order chi connectivity index (χ0) is 9.80. The van der Waals surface area contributed by atoms with Crippen molar-refractivity contribution in [1.82, 2.24) is 15.4 Å². The van der Waals surface area contributed by atoms with E-state index in [-0.39, 0.29) is 0 Å². The van der Waals surface area contributed by atoms with Crippen LogP contribution in [0, 0.1) is 0 Å². The third-order valence-corrected chi connectivity index (χ3v) is 2.67. The number of hydrogen-bond donors (Lipinski definition) is 1. The summed E-state index contributed by atoms with van der Waals surface area (Å²) in [4.78, 5) is 2.43. The number of aromatic nitrogens is 1. The Labute approximate surface area is 84.3 Å². The van der Waals surface area contributed by atoms with Gasteiger partial charge in [-0.05, 0) is 6.42 Å². The van der Waals surface area contributed by atoms with Crippen LogP contribution in [0.5, 0.6) is 0 Å². The third kappa shape index (κ3) is 2.13. The molecule has 14 heavy (non-hydrogen) atoms. The molecular formula is C10H17N3O. The number of nitrogens with one attached hydrogen (secondary N) is 1. The molecule has 4 nitrogen and oxygen atoms in total. The lowest BCUT2D eigenvalue weighted by molar-refractivity contribution is 0.232. The van der Waals surface area contributed by atoms with Crippen molar-refractivity contribution in [2.24, 2.45) is 0 Å². The largest absolute Gasteiger partial charge is 0.364 e. The van der Waals surface area contributed by atoms with Gasteiger partial charge in [-0.1, -0.05) is 12.1 Å². The Balaban J connectivity index is 1.95. The molecule has 78 valence electrons. The Bertz CT molecular complexity index is 279. The molecule has 0 bridgehead atoms. The summed E-state index contributed by atoms with van der Waals surface area (Å²) >= 11 is 0. The van der Waals surface area contributed by atoms with Gasteiger partial charge in [-0.3, -0.25) is 4.90 Å². The van der Waals surface area contributed by atoms with Gasteiger partial charge in [-0.2, -0.15) is 0 Å². The first-order valence-corrected chi connectivity index (χ1v) is 5.25. The summed E-state index contributed by atoms with van der Waals surface area (Å²) in [5.41, 5.74) is 2.35. The van der Waals surface area contributed by atoms with Crippen LogP contribution in [0.25, 0.3) is 0 Å². The molecule has 0 aliphatic carbocycles. The van der Waals surface area contributed by atoms with E-state index in [2.05, 4.69) is 22.3 Å². The monoisotopic (exact) mass is 195 g/mol. The first kappa shape index (κ1) is 9.68. The average Bonchev–Trinajstić information content (AvgIpc) is 2.67. The smallest absolute Gasteiger partial charge is 0.128 e. The molecule has 1 fully saturated rings. The van der Waals surface area contributed by atoms with Gasteiger partial charge in [0.2, 0.25) is 0 Å². The van der Waals surface area contributed by atoms with Gasteiger partial charge < -0.3 is 9.84 Å². The summed E-state index contributed by atoms with van der Waals surface area (Å²) in [6.07, 6.45) is 2.73. The van der Waals surface area contributed by atoms with E-state index < -0.39 is 0 Å². The van der Waals surface area contributed by atoms with Crippen LogP contribution < -0.4 is 5.32 Å². The van der Waals surface area contributed by atoms with E-state index in [0.717, 1.165) is 44.8 Å². The fraction of sp³-hybridized carbons (Fsp3) is 0.700. The van der Waals surface area contributed by atoms with Crippen molar-refractivity contribution in [3.63, 3.8) is 0 Å². The molecule has 2 heterocycles. The zero-order valence-electron chi connectivity index (χ0n) is 8.62. The minimum Gasteiger partial charge on any atom is -0.364 e. The lowest BCUT2D eigenvalue weighted by Gasteiger charge is -2.26. The van der Waals surface area contributed by atoms with Crippen LogP contribution in [0.3, 0.4) is 0 Å². The number of aryl methyl sites for hydroxylation is 1. The molecule has 1 saturated heterocycles. The fourth-order valence-electron chi connectivity index (χ4n) is 1.81. The van der Waals surface area contributed by atoms with Crippen LogP contribution in [-0.2, 0) is 13.0 Å². The first-order valence-electron chi connectivity index (χ1n) is 5.25. The van der Waals surface area contributed by atoms with E-state index in [1.807, 2.05) is 0 Å². The molecule has 0 unspecified atom stereocenters. The third-order valence-electron chi connectivity index (χ3n) is 2.67. The Hall–Kier alpha value is -0.870. The Morgan fingerprint density at radius 2 is 2.29 bits per heavy atom. The topological polar surface area (TPSA) is 41.3 Å². The molecule has 0 atom stereocenters. The van der Waals surface area contributed by atoms with Gasteiger partial charge >= 0.3 is 0 Å². The molecule has 4 heteroatoms. The summed E-state index contributed by atoms with van der Waals surface area (Å²) in [5, 5.41) is 7.33. The van der Waals surface area contributed by atoms with Crippen molar-refractivity contribution in [2.45, 2.75) is 19.9 Å². The molecule has 0 radical (unpaired) electrons. The Kier molecular flexibility index (Phi) is 3.16. The van der Waals surface area contributed by atoms with Gasteiger partial charge in [0.05, 0.1) is 5.69 Å². The second-order valence-electron chi connectivity index (χ2n) is 3.67. The minimum absolute atomic E-state index is 0.956. The maximum atomic E-state index is 4.99. The molecular weight excluding hydrogens is 178 g/mol. The van der Waals surface area contributed by atoms with Crippen LogP contribution in [0.4, 0.5) is 0 Å². The van der Waals surface area contributed by atoms with E-state index in [0.29, 0.717) is 0 Å². The van der Waals surface area contributed by atoms with Crippen molar-refractivity contribution in [3.8, 4) is 0 Å². The van der Waals surface area contributed by atoms with E-state index >= 15 is 0 Å². The van der Waals surface area contributed by atoms with Gasteiger partial charge in [-0.15, -0.1) is 0 Å². The Morgan fingerprint density at radius 1 is 1.50 bits per heavy atom. The van der Waals surface area contributed by atoms with E-state index in [1.54, 1.807) is 6.26 Å². The van der Waals surface area contributed by atoms with Gasteiger partial charge in [0.15, 0.2) is 0 Å². The summed E-state index contributed by atoms with van der Waals surface area (Å²) < 4.78 is 4.99. The van der Waals surface area contributed by atoms with Gasteiger partial charge in [0, 0.05) is 38.3 Å². The summed E-state index contributed by atoms with van der Waals surface area (Å²) in [6, 6.07) is 0. The van der Waals surface area contributed by atoms with Gasteiger partial charge in [0.25, 0.3) is 0 Å². The van der Waals surface area contributed by atoms with Crippen molar-refractivity contribution in [2.75, 3.05) is 26.2 Å². The van der Waals surface area contributed by atoms with Crippen LogP contribution in [0.15, 0.2) is 10.8 Å². The van der Waals surface area contributed by atoms with Crippen molar-refractivity contribution in [3.05, 3.63) is 17.5 Å². The molecule has 0 spiro atoms. The van der Waals surface area contributed by atoms with Gasteiger partial charge in [0.1, 0.15) is 6.26 Å². The van der Waals surface area contributed by atoms with Crippen molar-refractivity contribution >= 4 is 0 Å². The van der Waals surface area contributed by atoms with Crippen LogP contribution in [0.2, 0.25) is 0 Å². The van der Waals surface area contributed by atoms with E-state index in [4.69, 9.17) is 4.52 Å². The molecule has 0 amide bonds. The molecule has 1 aliphatic heterocycles. The maximum absolute atomic E-state index is 4.99. The van der Waals surface area contributed by atoms with Crippen LogP contribution in [-0.4, -0.2) is 36.2 Å². The van der Waals surface area contributed by atoms with Crippen LogP contribution >= 0.6 is 0 Å². The van der Waals surface area contributed by atoms with Crippen molar-refractivity contribution in [1.29, 1.82) is 0 Å². The van der Waals surface area contributed by atoms with Gasteiger partial charge in [-0.25, -0.2) is 0 Å². The molecule has 0 saturated carbocycles. The lowest BCUT2D eigenvalue weighted by Crippen LogP contribution is -2.42. The molecule has 1 aromatic rings.